The van der Waals surface area contributed by atoms with Crippen molar-refractivity contribution in [3.63, 3.8) is 0 Å². The molecule has 0 saturated carbocycles. The van der Waals surface area contributed by atoms with Gasteiger partial charge in [-0.3, -0.25) is 4.79 Å². The van der Waals surface area contributed by atoms with E-state index in [4.69, 9.17) is 0 Å². The molecule has 0 aromatic heterocycles. The van der Waals surface area contributed by atoms with E-state index in [-0.39, 0.29) is 0 Å². The van der Waals surface area contributed by atoms with Crippen molar-refractivity contribution in [2.75, 3.05) is 0 Å². The number of fused-ring (bicyclic) bond motifs is 1. The van der Waals surface area contributed by atoms with Gasteiger partial charge in [0.1, 0.15) is 0 Å². The Balaban J connectivity index is 2.23. The van der Waals surface area contributed by atoms with Crippen molar-refractivity contribution in [3.05, 3.63) is 48.0 Å². The number of benzene rings is 2. The molecule has 0 fully saturated rings. The second kappa shape index (κ2) is 6.74. The minimum absolute atomic E-state index is 0.296. The molecule has 2 rings (SSSR count). The standard InChI is InChI=1S/C18H18F3NO3/c1-17(2,18(19,20)21)10-14(23)22-15(16(24)25)13-8-7-11-5-3-4-6-12(11)9-13/h3-9,15H,10H2,1-2H3,(H,22,23)(H,24,25). The number of halogens is 3. The van der Waals surface area contributed by atoms with E-state index in [0.717, 1.165) is 24.6 Å². The van der Waals surface area contributed by atoms with Crippen molar-refractivity contribution in [2.45, 2.75) is 32.5 Å². The van der Waals surface area contributed by atoms with E-state index in [0.29, 0.717) is 5.56 Å². The largest absolute Gasteiger partial charge is 0.479 e. The Morgan fingerprint density at radius 1 is 1.08 bits per heavy atom. The topological polar surface area (TPSA) is 66.4 Å². The molecule has 2 N–H and O–H groups in total. The molecule has 25 heavy (non-hydrogen) atoms. The van der Waals surface area contributed by atoms with Crippen LogP contribution in [0.5, 0.6) is 0 Å². The summed E-state index contributed by atoms with van der Waals surface area (Å²) >= 11 is 0. The van der Waals surface area contributed by atoms with Crippen molar-refractivity contribution in [2.24, 2.45) is 5.41 Å². The van der Waals surface area contributed by atoms with E-state index in [1.807, 2.05) is 12.1 Å². The highest BCUT2D eigenvalue weighted by atomic mass is 19.4. The van der Waals surface area contributed by atoms with Crippen molar-refractivity contribution in [1.29, 1.82) is 0 Å². The van der Waals surface area contributed by atoms with Crippen LogP contribution in [-0.2, 0) is 9.59 Å². The molecule has 2 aromatic rings. The molecule has 0 spiro atoms. The van der Waals surface area contributed by atoms with Crippen LogP contribution in [0.4, 0.5) is 13.2 Å². The quantitative estimate of drug-likeness (QED) is 0.852. The van der Waals surface area contributed by atoms with Crippen LogP contribution in [0.3, 0.4) is 0 Å². The lowest BCUT2D eigenvalue weighted by Gasteiger charge is -2.27. The van der Waals surface area contributed by atoms with Crippen molar-refractivity contribution in [1.82, 2.24) is 5.32 Å². The number of nitrogens with one attached hydrogen (secondary N) is 1. The van der Waals surface area contributed by atoms with Crippen LogP contribution < -0.4 is 5.32 Å². The van der Waals surface area contributed by atoms with Crippen LogP contribution >= 0.6 is 0 Å². The first-order valence-corrected chi connectivity index (χ1v) is 7.59. The molecule has 1 unspecified atom stereocenters. The molecular formula is C18H18F3NO3. The molecular weight excluding hydrogens is 335 g/mol. The van der Waals surface area contributed by atoms with E-state index in [9.17, 15) is 27.9 Å². The molecule has 0 radical (unpaired) electrons. The van der Waals surface area contributed by atoms with Crippen LogP contribution in [0, 0.1) is 5.41 Å². The second-order valence-electron chi connectivity index (χ2n) is 6.50. The molecule has 2 aromatic carbocycles. The first-order chi connectivity index (χ1) is 11.5. The molecule has 134 valence electrons. The van der Waals surface area contributed by atoms with Crippen LogP contribution in [0.25, 0.3) is 10.8 Å². The van der Waals surface area contributed by atoms with Crippen molar-refractivity contribution >= 4 is 22.6 Å². The molecule has 4 nitrogen and oxygen atoms in total. The molecule has 0 aliphatic heterocycles. The van der Waals surface area contributed by atoms with Gasteiger partial charge in [0.2, 0.25) is 5.91 Å². The Kier molecular flexibility index (Phi) is 5.06. The summed E-state index contributed by atoms with van der Waals surface area (Å²) < 4.78 is 38.7. The highest BCUT2D eigenvalue weighted by Gasteiger charge is 2.48. The smallest absolute Gasteiger partial charge is 0.394 e. The number of hydrogen-bond donors (Lipinski definition) is 2. The van der Waals surface area contributed by atoms with Gasteiger partial charge in [0, 0.05) is 6.42 Å². The van der Waals surface area contributed by atoms with Gasteiger partial charge in [0.05, 0.1) is 5.41 Å². The molecule has 0 bridgehead atoms. The minimum Gasteiger partial charge on any atom is -0.479 e. The third-order valence-electron chi connectivity index (χ3n) is 4.03. The van der Waals surface area contributed by atoms with Gasteiger partial charge in [-0.25, -0.2) is 4.79 Å². The monoisotopic (exact) mass is 353 g/mol. The summed E-state index contributed by atoms with van der Waals surface area (Å²) in [5.41, 5.74) is -1.95. The Hall–Kier alpha value is -2.57. The molecule has 0 heterocycles. The van der Waals surface area contributed by atoms with Gasteiger partial charge in [-0.1, -0.05) is 50.2 Å². The second-order valence-corrected chi connectivity index (χ2v) is 6.50. The molecule has 0 aliphatic rings. The molecule has 1 amide bonds. The summed E-state index contributed by atoms with van der Waals surface area (Å²) in [4.78, 5) is 23.5. The summed E-state index contributed by atoms with van der Waals surface area (Å²) in [5.74, 6) is -2.31. The lowest BCUT2D eigenvalue weighted by molar-refractivity contribution is -0.213. The zero-order valence-corrected chi connectivity index (χ0v) is 13.7. The van der Waals surface area contributed by atoms with Gasteiger partial charge in [-0.2, -0.15) is 13.2 Å². The Morgan fingerprint density at radius 3 is 2.24 bits per heavy atom. The number of carboxylic acids is 1. The summed E-state index contributed by atoms with van der Waals surface area (Å²) in [5, 5.41) is 13.2. The number of rotatable bonds is 5. The summed E-state index contributed by atoms with van der Waals surface area (Å²) in [6.07, 6.45) is -5.42. The predicted molar refractivity (Wildman–Crippen MR) is 86.9 cm³/mol. The number of aliphatic carboxylic acids is 1. The van der Waals surface area contributed by atoms with Crippen molar-refractivity contribution < 1.29 is 27.9 Å². The molecule has 7 heteroatoms. The highest BCUT2D eigenvalue weighted by molar-refractivity contribution is 5.88. The lowest BCUT2D eigenvalue weighted by Crippen LogP contribution is -2.40. The fraction of sp³-hybridized carbons (Fsp3) is 0.333. The van der Waals surface area contributed by atoms with Crippen LogP contribution in [0.15, 0.2) is 42.5 Å². The summed E-state index contributed by atoms with van der Waals surface area (Å²) in [6, 6.07) is 10.7. The van der Waals surface area contributed by atoms with Crippen LogP contribution in [0.2, 0.25) is 0 Å². The number of hydrogen-bond acceptors (Lipinski definition) is 2. The number of amides is 1. The summed E-state index contributed by atoms with van der Waals surface area (Å²) in [7, 11) is 0. The number of carbonyl (C=O) groups excluding carboxylic acids is 1. The normalized spacial score (nSPS) is 13.5. The van der Waals surface area contributed by atoms with E-state index in [2.05, 4.69) is 5.32 Å². The van der Waals surface area contributed by atoms with Crippen molar-refractivity contribution in [3.8, 4) is 0 Å². The van der Waals surface area contributed by atoms with E-state index in [1.165, 1.54) is 6.07 Å². The average molecular weight is 353 g/mol. The fourth-order valence-corrected chi connectivity index (χ4v) is 2.39. The number of alkyl halides is 3. The van der Waals surface area contributed by atoms with Gasteiger partial charge < -0.3 is 10.4 Å². The third kappa shape index (κ3) is 4.29. The van der Waals surface area contributed by atoms with E-state index >= 15 is 0 Å². The third-order valence-corrected chi connectivity index (χ3v) is 4.03. The first kappa shape index (κ1) is 18.8. The number of carbonyl (C=O) groups is 2. The highest BCUT2D eigenvalue weighted by Crippen LogP contribution is 2.40. The zero-order valence-electron chi connectivity index (χ0n) is 13.7. The Morgan fingerprint density at radius 2 is 1.68 bits per heavy atom. The maximum absolute atomic E-state index is 12.9. The number of carboxylic acid groups (broad SMARTS) is 1. The van der Waals surface area contributed by atoms with Gasteiger partial charge in [-0.05, 0) is 22.4 Å². The maximum atomic E-state index is 12.9. The van der Waals surface area contributed by atoms with Crippen LogP contribution in [-0.4, -0.2) is 23.2 Å². The van der Waals surface area contributed by atoms with E-state index in [1.54, 1.807) is 24.3 Å². The Labute approximate surface area is 142 Å². The zero-order chi connectivity index (χ0) is 18.8. The fourth-order valence-electron chi connectivity index (χ4n) is 2.39. The van der Waals surface area contributed by atoms with Gasteiger partial charge in [0.25, 0.3) is 0 Å². The maximum Gasteiger partial charge on any atom is 0.394 e. The molecule has 0 aliphatic carbocycles. The van der Waals surface area contributed by atoms with E-state index < -0.39 is 35.9 Å². The lowest BCUT2D eigenvalue weighted by atomic mass is 9.88. The Bertz CT molecular complexity index is 799. The predicted octanol–water partition coefficient (Wildman–Crippen LogP) is 4.06. The van der Waals surface area contributed by atoms with Gasteiger partial charge in [-0.15, -0.1) is 0 Å². The van der Waals surface area contributed by atoms with Gasteiger partial charge >= 0.3 is 12.1 Å². The summed E-state index contributed by atoms with van der Waals surface area (Å²) in [6.45, 7) is 1.80. The van der Waals surface area contributed by atoms with Crippen LogP contribution in [0.1, 0.15) is 31.9 Å². The molecule has 0 saturated heterocycles. The SMILES string of the molecule is CC(C)(CC(=O)NC(C(=O)O)c1ccc2ccccc2c1)C(F)(F)F. The first-order valence-electron chi connectivity index (χ1n) is 7.59. The van der Waals surface area contributed by atoms with Gasteiger partial charge in [0.15, 0.2) is 6.04 Å². The average Bonchev–Trinajstić information content (AvgIpc) is 2.50. The minimum atomic E-state index is -4.56. The molecule has 1 atom stereocenters.